The first-order valence-corrected chi connectivity index (χ1v) is 12.1. The zero-order valence-electron chi connectivity index (χ0n) is 20.1. The molecule has 3 N–H and O–H groups in total. The highest BCUT2D eigenvalue weighted by molar-refractivity contribution is 5.65. The largest absolute Gasteiger partial charge is 0.394 e. The molecule has 32 heavy (non-hydrogen) atoms. The van der Waals surface area contributed by atoms with E-state index in [9.17, 15) is 5.11 Å². The van der Waals surface area contributed by atoms with Gasteiger partial charge in [-0.05, 0) is 65.8 Å². The van der Waals surface area contributed by atoms with Crippen molar-refractivity contribution in [2.75, 3.05) is 31.1 Å². The minimum absolute atomic E-state index is 0.191. The number of benzene rings is 1. The van der Waals surface area contributed by atoms with Crippen LogP contribution < -0.4 is 10.2 Å². The molecule has 174 valence electrons. The Kier molecular flexibility index (Phi) is 6.62. The lowest BCUT2D eigenvalue weighted by Gasteiger charge is -2.42. The van der Waals surface area contributed by atoms with Gasteiger partial charge in [-0.1, -0.05) is 45.9 Å². The molecule has 1 aliphatic heterocycles. The van der Waals surface area contributed by atoms with Crippen LogP contribution in [0.4, 0.5) is 5.82 Å². The molecule has 0 amide bonds. The maximum absolute atomic E-state index is 9.56. The van der Waals surface area contributed by atoms with E-state index >= 15 is 0 Å². The van der Waals surface area contributed by atoms with Crippen molar-refractivity contribution >= 4 is 5.82 Å². The van der Waals surface area contributed by atoms with Crippen LogP contribution in [0.15, 0.2) is 36.4 Å². The van der Waals surface area contributed by atoms with Crippen molar-refractivity contribution in [1.29, 1.82) is 0 Å². The molecular weight excluding hydrogens is 398 g/mol. The molecular formula is C27H39N3O2. The summed E-state index contributed by atoms with van der Waals surface area (Å²) in [5, 5.41) is 21.9. The third-order valence-corrected chi connectivity index (χ3v) is 7.55. The van der Waals surface area contributed by atoms with Crippen molar-refractivity contribution in [3.63, 3.8) is 0 Å². The lowest BCUT2D eigenvalue weighted by Crippen LogP contribution is -2.45. The zero-order chi connectivity index (χ0) is 22.9. The van der Waals surface area contributed by atoms with E-state index in [1.54, 1.807) is 0 Å². The SMILES string of the molecule is CC1(C)CCC(C)(C)c2cc(-c3cccc(N4CCC(NC[C@H](O)CO)CC4)n3)ccc21. The average molecular weight is 438 g/mol. The molecule has 5 heteroatoms. The molecule has 0 saturated carbocycles. The van der Waals surface area contributed by atoms with Gasteiger partial charge in [-0.2, -0.15) is 0 Å². The number of hydrogen-bond acceptors (Lipinski definition) is 5. The molecule has 0 spiro atoms. The van der Waals surface area contributed by atoms with E-state index in [0.717, 1.165) is 37.4 Å². The highest BCUT2D eigenvalue weighted by Gasteiger charge is 2.37. The van der Waals surface area contributed by atoms with E-state index in [1.807, 2.05) is 0 Å². The lowest BCUT2D eigenvalue weighted by atomic mass is 9.63. The lowest BCUT2D eigenvalue weighted by molar-refractivity contribution is 0.0909. The minimum Gasteiger partial charge on any atom is -0.394 e. The van der Waals surface area contributed by atoms with Gasteiger partial charge >= 0.3 is 0 Å². The van der Waals surface area contributed by atoms with Crippen molar-refractivity contribution in [3.05, 3.63) is 47.5 Å². The van der Waals surface area contributed by atoms with E-state index in [1.165, 1.54) is 29.5 Å². The molecule has 1 aliphatic carbocycles. The van der Waals surface area contributed by atoms with E-state index < -0.39 is 6.10 Å². The Balaban J connectivity index is 1.50. The maximum atomic E-state index is 9.56. The Morgan fingerprint density at radius 1 is 1.03 bits per heavy atom. The third-order valence-electron chi connectivity index (χ3n) is 7.55. The number of rotatable bonds is 6. The summed E-state index contributed by atoms with van der Waals surface area (Å²) in [4.78, 5) is 7.40. The number of aliphatic hydroxyl groups excluding tert-OH is 2. The Morgan fingerprint density at radius 3 is 2.41 bits per heavy atom. The third kappa shape index (κ3) is 4.85. The molecule has 1 saturated heterocycles. The monoisotopic (exact) mass is 437 g/mol. The van der Waals surface area contributed by atoms with Gasteiger partial charge in [-0.15, -0.1) is 0 Å². The number of fused-ring (bicyclic) bond motifs is 1. The molecule has 4 rings (SSSR count). The molecule has 1 aromatic heterocycles. The van der Waals surface area contributed by atoms with Gasteiger partial charge < -0.3 is 20.4 Å². The van der Waals surface area contributed by atoms with Crippen LogP contribution in [0.5, 0.6) is 0 Å². The van der Waals surface area contributed by atoms with Crippen molar-refractivity contribution in [1.82, 2.24) is 10.3 Å². The Hall–Kier alpha value is -1.95. The predicted molar refractivity (Wildman–Crippen MR) is 131 cm³/mol. The second kappa shape index (κ2) is 9.12. The van der Waals surface area contributed by atoms with Crippen LogP contribution in [0.1, 0.15) is 64.5 Å². The summed E-state index contributed by atoms with van der Waals surface area (Å²) in [5.74, 6) is 1.04. The summed E-state index contributed by atoms with van der Waals surface area (Å²) >= 11 is 0. The molecule has 0 radical (unpaired) electrons. The van der Waals surface area contributed by atoms with Gasteiger partial charge in [0, 0.05) is 31.2 Å². The van der Waals surface area contributed by atoms with Gasteiger partial charge in [0.15, 0.2) is 0 Å². The van der Waals surface area contributed by atoms with E-state index in [0.29, 0.717) is 12.6 Å². The summed E-state index contributed by atoms with van der Waals surface area (Å²) in [6, 6.07) is 13.7. The van der Waals surface area contributed by atoms with Gasteiger partial charge in [0.2, 0.25) is 0 Å². The summed E-state index contributed by atoms with van der Waals surface area (Å²) in [6.45, 7) is 11.6. The molecule has 1 fully saturated rings. The molecule has 5 nitrogen and oxygen atoms in total. The highest BCUT2D eigenvalue weighted by atomic mass is 16.3. The fourth-order valence-corrected chi connectivity index (χ4v) is 5.19. The number of hydrogen-bond donors (Lipinski definition) is 3. The van der Waals surface area contributed by atoms with Crippen LogP contribution in [0.3, 0.4) is 0 Å². The Bertz CT molecular complexity index is 932. The van der Waals surface area contributed by atoms with Crippen LogP contribution in [-0.2, 0) is 10.8 Å². The quantitative estimate of drug-likeness (QED) is 0.637. The fraction of sp³-hybridized carbons (Fsp3) is 0.593. The normalized spacial score (nSPS) is 21.2. The standard InChI is InChI=1S/C27H39N3O2/c1-26(2)12-13-27(3,4)23-16-19(8-9-22(23)26)24-6-5-7-25(29-24)30-14-10-20(11-15-30)28-17-21(32)18-31/h5-9,16,20-21,28,31-32H,10-15,17-18H2,1-4H3/t21-/m0/s1. The van der Waals surface area contributed by atoms with Crippen molar-refractivity contribution < 1.29 is 10.2 Å². The van der Waals surface area contributed by atoms with E-state index in [-0.39, 0.29) is 17.4 Å². The van der Waals surface area contributed by atoms with Crippen LogP contribution in [0.2, 0.25) is 0 Å². The van der Waals surface area contributed by atoms with Crippen molar-refractivity contribution in [2.24, 2.45) is 0 Å². The highest BCUT2D eigenvalue weighted by Crippen LogP contribution is 2.46. The molecule has 2 aromatic rings. The van der Waals surface area contributed by atoms with Crippen molar-refractivity contribution in [2.45, 2.75) is 76.4 Å². The zero-order valence-corrected chi connectivity index (χ0v) is 20.1. The molecule has 1 atom stereocenters. The van der Waals surface area contributed by atoms with Crippen LogP contribution in [0, 0.1) is 0 Å². The maximum Gasteiger partial charge on any atom is 0.129 e. The number of anilines is 1. The van der Waals surface area contributed by atoms with Crippen LogP contribution >= 0.6 is 0 Å². The smallest absolute Gasteiger partial charge is 0.129 e. The van der Waals surface area contributed by atoms with Gasteiger partial charge in [-0.3, -0.25) is 0 Å². The summed E-state index contributed by atoms with van der Waals surface area (Å²) < 4.78 is 0. The van der Waals surface area contributed by atoms with Gasteiger partial charge in [0.05, 0.1) is 18.4 Å². The first-order chi connectivity index (χ1) is 15.2. The number of aliphatic hydroxyl groups is 2. The molecule has 2 heterocycles. The first-order valence-electron chi connectivity index (χ1n) is 12.1. The number of piperidine rings is 1. The van der Waals surface area contributed by atoms with E-state index in [4.69, 9.17) is 10.1 Å². The van der Waals surface area contributed by atoms with Crippen LogP contribution in [-0.4, -0.2) is 53.6 Å². The summed E-state index contributed by atoms with van der Waals surface area (Å²) in [5.41, 5.74) is 5.60. The molecule has 1 aromatic carbocycles. The second-order valence-electron chi connectivity index (χ2n) is 10.9. The topological polar surface area (TPSA) is 68.6 Å². The number of aromatic nitrogens is 1. The first kappa shape index (κ1) is 23.2. The molecule has 0 bridgehead atoms. The Morgan fingerprint density at radius 2 is 1.72 bits per heavy atom. The van der Waals surface area contributed by atoms with Gasteiger partial charge in [0.1, 0.15) is 5.82 Å². The number of pyridine rings is 1. The minimum atomic E-state index is -0.682. The van der Waals surface area contributed by atoms with Gasteiger partial charge in [-0.25, -0.2) is 4.98 Å². The van der Waals surface area contributed by atoms with Crippen molar-refractivity contribution in [3.8, 4) is 11.3 Å². The molecule has 2 aliphatic rings. The Labute approximate surface area is 192 Å². The van der Waals surface area contributed by atoms with Gasteiger partial charge in [0.25, 0.3) is 0 Å². The fourth-order valence-electron chi connectivity index (χ4n) is 5.19. The summed E-state index contributed by atoms with van der Waals surface area (Å²) in [6.07, 6.45) is 3.77. The number of nitrogens with one attached hydrogen (secondary N) is 1. The number of nitrogens with zero attached hydrogens (tertiary/aromatic N) is 2. The average Bonchev–Trinajstić information content (AvgIpc) is 2.81. The summed E-state index contributed by atoms with van der Waals surface area (Å²) in [7, 11) is 0. The van der Waals surface area contributed by atoms with Crippen LogP contribution in [0.25, 0.3) is 11.3 Å². The predicted octanol–water partition coefficient (Wildman–Crippen LogP) is 4.01. The van der Waals surface area contributed by atoms with E-state index in [2.05, 4.69) is 74.3 Å². The molecule has 0 unspecified atom stereocenters. The second-order valence-corrected chi connectivity index (χ2v) is 10.9.